The van der Waals surface area contributed by atoms with Gasteiger partial charge in [0.25, 0.3) is 5.91 Å². The smallest absolute Gasteiger partial charge is 0.278 e. The number of amides is 1. The summed E-state index contributed by atoms with van der Waals surface area (Å²) in [6.45, 7) is 1.62. The number of aromatic nitrogens is 1. The summed E-state index contributed by atoms with van der Waals surface area (Å²) in [5.41, 5.74) is -1.46. The number of piperidine rings is 1. The maximum absolute atomic E-state index is 15.5. The lowest BCUT2D eigenvalue weighted by Crippen LogP contribution is -2.71. The molecule has 40 heavy (non-hydrogen) atoms. The van der Waals surface area contributed by atoms with Crippen molar-refractivity contribution in [2.45, 2.75) is 47.9 Å². The largest absolute Gasteiger partial charge is 0.502 e. The van der Waals surface area contributed by atoms with Crippen LogP contribution in [-0.2, 0) is 15.9 Å². The third-order valence-corrected chi connectivity index (χ3v) is 10.2. The van der Waals surface area contributed by atoms with Gasteiger partial charge in [-0.3, -0.25) is 19.3 Å². The number of thioether (sulfide) groups is 1. The fourth-order valence-corrected chi connectivity index (χ4v) is 8.08. The molecule has 2 atom stereocenters. The van der Waals surface area contributed by atoms with E-state index in [1.54, 1.807) is 9.91 Å². The van der Waals surface area contributed by atoms with Gasteiger partial charge in [0.1, 0.15) is 14.0 Å². The van der Waals surface area contributed by atoms with E-state index in [2.05, 4.69) is 0 Å². The highest BCUT2D eigenvalue weighted by Gasteiger charge is 2.54. The van der Waals surface area contributed by atoms with Gasteiger partial charge in [-0.15, -0.1) is 11.8 Å². The lowest BCUT2D eigenvalue weighted by atomic mass is 9.64. The van der Waals surface area contributed by atoms with E-state index in [4.69, 9.17) is 12.6 Å². The van der Waals surface area contributed by atoms with Crippen molar-refractivity contribution in [3.63, 3.8) is 0 Å². The zero-order valence-corrected chi connectivity index (χ0v) is 22.4. The lowest BCUT2D eigenvalue weighted by molar-refractivity contribution is -0.0441. The zero-order valence-electron chi connectivity index (χ0n) is 21.6. The van der Waals surface area contributed by atoms with E-state index in [-0.39, 0.29) is 22.4 Å². The lowest BCUT2D eigenvalue weighted by Gasteiger charge is -2.59. The van der Waals surface area contributed by atoms with Crippen LogP contribution < -0.4 is 10.4 Å². The molecule has 4 aliphatic rings. The first-order chi connectivity index (χ1) is 19.2. The molecule has 7 rings (SSSR count). The Bertz CT molecular complexity index is 1610. The van der Waals surface area contributed by atoms with Crippen LogP contribution >= 0.6 is 11.8 Å². The van der Waals surface area contributed by atoms with Gasteiger partial charge in [-0.25, -0.2) is 8.78 Å². The molecule has 2 fully saturated rings. The average molecular weight is 561 g/mol. The summed E-state index contributed by atoms with van der Waals surface area (Å²) in [5, 5.41) is 12.7. The number of nitrogens with zero attached hydrogens (tertiary/aromatic N) is 3. The van der Waals surface area contributed by atoms with E-state index < -0.39 is 40.3 Å². The van der Waals surface area contributed by atoms with Crippen molar-refractivity contribution >= 4 is 25.5 Å². The van der Waals surface area contributed by atoms with Gasteiger partial charge in [0.15, 0.2) is 23.1 Å². The third kappa shape index (κ3) is 3.53. The van der Waals surface area contributed by atoms with E-state index in [1.807, 2.05) is 24.3 Å². The highest BCUT2D eigenvalue weighted by molar-refractivity contribution is 7.98. The number of fused-ring (bicyclic) bond motifs is 4. The maximum atomic E-state index is 15.5. The monoisotopic (exact) mass is 561 g/mol. The Labute approximate surface area is 235 Å². The van der Waals surface area contributed by atoms with Crippen LogP contribution in [0.15, 0.2) is 58.4 Å². The molecule has 1 spiro atoms. The van der Waals surface area contributed by atoms with E-state index in [1.165, 1.54) is 34.8 Å². The summed E-state index contributed by atoms with van der Waals surface area (Å²) in [5.74, 6) is -2.93. The quantitative estimate of drug-likeness (QED) is 0.456. The molecule has 2 aromatic carbocycles. The van der Waals surface area contributed by atoms with Crippen molar-refractivity contribution in [3.05, 3.63) is 92.9 Å². The first-order valence-corrected chi connectivity index (χ1v) is 14.4. The van der Waals surface area contributed by atoms with Crippen LogP contribution in [0.3, 0.4) is 0 Å². The minimum absolute atomic E-state index is 0.108. The van der Waals surface area contributed by atoms with Crippen LogP contribution in [0.4, 0.5) is 8.78 Å². The molecule has 0 saturated carbocycles. The highest BCUT2D eigenvalue weighted by Crippen LogP contribution is 2.51. The Balaban J connectivity index is 1.54. The van der Waals surface area contributed by atoms with Gasteiger partial charge >= 0.3 is 0 Å². The number of benzene rings is 2. The second-order valence-electron chi connectivity index (χ2n) is 11.1. The molecule has 1 N–H and O–H groups in total. The van der Waals surface area contributed by atoms with Crippen LogP contribution in [0.1, 0.15) is 52.9 Å². The molecule has 4 aliphatic heterocycles. The van der Waals surface area contributed by atoms with E-state index >= 15 is 4.39 Å². The van der Waals surface area contributed by atoms with Crippen molar-refractivity contribution in [1.82, 2.24) is 9.58 Å². The van der Waals surface area contributed by atoms with Gasteiger partial charge in [-0.05, 0) is 54.4 Å². The standard InChI is InChI=1S/C29H26BF2N3O4S/c30-29(18-5-6-20(31)24(32)17(18)16-40-22-4-2-1-3-19(22)29)35-23-15-28(9-13-39-14-10-28)8-12-33(23)27(38)25-26(37)21(36)7-11-34(25)35/h1-7,11,23,37H,8-10,12-16H2/t23-,29-/m1/s1. The topological polar surface area (TPSA) is 75.0 Å². The second-order valence-corrected chi connectivity index (χ2v) is 12.1. The van der Waals surface area contributed by atoms with Gasteiger partial charge in [0, 0.05) is 48.2 Å². The third-order valence-electron chi connectivity index (χ3n) is 9.08. The molecule has 1 aromatic heterocycles. The first kappa shape index (κ1) is 25.6. The Hall–Kier alpha value is -3.31. The number of rotatable bonds is 1. The number of pyridine rings is 1. The number of hydrogen-bond acceptors (Lipinski definition) is 6. The molecule has 2 radical (unpaired) electrons. The number of carbonyl (C=O) groups is 1. The summed E-state index contributed by atoms with van der Waals surface area (Å²) < 4.78 is 37.2. The van der Waals surface area contributed by atoms with Crippen LogP contribution in [0.25, 0.3) is 0 Å². The van der Waals surface area contributed by atoms with Crippen LogP contribution in [0.5, 0.6) is 5.75 Å². The molecule has 1 amide bonds. The minimum atomic E-state index is -1.60. The van der Waals surface area contributed by atoms with Crippen LogP contribution in [-0.4, -0.2) is 54.4 Å². The fraction of sp³-hybridized carbons (Fsp3) is 0.379. The molecule has 7 nitrogen and oxygen atoms in total. The van der Waals surface area contributed by atoms with E-state index in [0.717, 1.165) is 30.2 Å². The second kappa shape index (κ2) is 9.11. The number of carbonyl (C=O) groups excluding carboxylic acids is 1. The summed E-state index contributed by atoms with van der Waals surface area (Å²) in [6, 6.07) is 11.2. The first-order valence-electron chi connectivity index (χ1n) is 13.4. The molecule has 2 saturated heterocycles. The molecule has 5 heterocycles. The van der Waals surface area contributed by atoms with Crippen molar-refractivity contribution in [1.29, 1.82) is 0 Å². The number of hydrogen-bond donors (Lipinski definition) is 1. The molecule has 0 aliphatic carbocycles. The number of ether oxygens (including phenoxy) is 1. The summed E-state index contributed by atoms with van der Waals surface area (Å²) >= 11 is 1.36. The van der Waals surface area contributed by atoms with Crippen LogP contribution in [0.2, 0.25) is 0 Å². The Morgan fingerprint density at radius 1 is 1.02 bits per heavy atom. The van der Waals surface area contributed by atoms with Crippen LogP contribution in [0, 0.1) is 17.0 Å². The van der Waals surface area contributed by atoms with Gasteiger partial charge < -0.3 is 14.7 Å². The van der Waals surface area contributed by atoms with Crippen molar-refractivity contribution in [2.24, 2.45) is 5.41 Å². The summed E-state index contributed by atoms with van der Waals surface area (Å²) in [7, 11) is 7.53. The Kier molecular flexibility index (Phi) is 5.84. The van der Waals surface area contributed by atoms with Gasteiger partial charge in [-0.1, -0.05) is 24.3 Å². The molecule has 3 aromatic rings. The predicted octanol–water partition coefficient (Wildman–Crippen LogP) is 3.82. The normalized spacial score (nSPS) is 25.1. The minimum Gasteiger partial charge on any atom is -0.502 e. The average Bonchev–Trinajstić information content (AvgIpc) is 3.08. The number of halogens is 2. The molecule has 11 heteroatoms. The zero-order chi connectivity index (χ0) is 27.8. The van der Waals surface area contributed by atoms with E-state index in [9.17, 15) is 19.1 Å². The maximum Gasteiger partial charge on any atom is 0.278 e. The van der Waals surface area contributed by atoms with Gasteiger partial charge in [0.05, 0.1) is 5.44 Å². The SMILES string of the molecule is [B][C@]1(N2[C@@H]3CC4(CCOCC4)CCN3C(=O)c3c(O)c(=O)ccn32)c2ccccc2SCc2c1ccc(F)c2F. The fourth-order valence-electron chi connectivity index (χ4n) is 6.94. The molecular weight excluding hydrogens is 535 g/mol. The summed E-state index contributed by atoms with van der Waals surface area (Å²) in [4.78, 5) is 28.9. The molecule has 0 unspecified atom stereocenters. The highest BCUT2D eigenvalue weighted by atomic mass is 32.2. The predicted molar refractivity (Wildman–Crippen MR) is 146 cm³/mol. The number of aromatic hydroxyl groups is 1. The van der Waals surface area contributed by atoms with Gasteiger partial charge in [-0.2, -0.15) is 0 Å². The van der Waals surface area contributed by atoms with Crippen molar-refractivity contribution in [3.8, 4) is 5.75 Å². The summed E-state index contributed by atoms with van der Waals surface area (Å²) in [6.07, 6.45) is 3.78. The molecular formula is C29H26BF2N3O4S. The molecule has 0 bridgehead atoms. The Morgan fingerprint density at radius 2 is 1.80 bits per heavy atom. The van der Waals surface area contributed by atoms with Gasteiger partial charge in [0.2, 0.25) is 5.43 Å². The van der Waals surface area contributed by atoms with E-state index in [0.29, 0.717) is 37.3 Å². The van der Waals surface area contributed by atoms with Crippen molar-refractivity contribution in [2.75, 3.05) is 24.8 Å². The molecule has 204 valence electrons. The van der Waals surface area contributed by atoms with Crippen molar-refractivity contribution < 1.29 is 23.4 Å². The Morgan fingerprint density at radius 3 is 2.60 bits per heavy atom.